The molecule has 0 aliphatic heterocycles. The lowest BCUT2D eigenvalue weighted by molar-refractivity contribution is 0.102. The zero-order chi connectivity index (χ0) is 14.7. The summed E-state index contributed by atoms with van der Waals surface area (Å²) < 4.78 is 1.87. The lowest BCUT2D eigenvalue weighted by atomic mass is 10.3. The van der Waals surface area contributed by atoms with E-state index >= 15 is 0 Å². The molecule has 1 amide bonds. The van der Waals surface area contributed by atoms with Crippen molar-refractivity contribution in [2.75, 3.05) is 11.6 Å². The summed E-state index contributed by atoms with van der Waals surface area (Å²) in [6.07, 6.45) is 3.56. The van der Waals surface area contributed by atoms with Crippen molar-refractivity contribution in [2.45, 2.75) is 5.16 Å². The number of carbonyl (C=O) groups is 1. The minimum atomic E-state index is -0.162. The quantitative estimate of drug-likeness (QED) is 0.743. The molecule has 0 bridgehead atoms. The van der Waals surface area contributed by atoms with Crippen LogP contribution in [0.5, 0.6) is 0 Å². The minimum absolute atomic E-state index is 0.162. The molecule has 1 aromatic carbocycles. The van der Waals surface area contributed by atoms with Gasteiger partial charge in [-0.3, -0.25) is 9.36 Å². The Morgan fingerprint density at radius 1 is 1.29 bits per heavy atom. The van der Waals surface area contributed by atoms with Gasteiger partial charge in [0.2, 0.25) is 0 Å². The van der Waals surface area contributed by atoms with Crippen LogP contribution in [0.15, 0.2) is 58.5 Å². The maximum absolute atomic E-state index is 12.5. The number of carbonyl (C=O) groups excluding carboxylic acids is 1. The van der Waals surface area contributed by atoms with Gasteiger partial charge in [-0.15, -0.1) is 0 Å². The van der Waals surface area contributed by atoms with Gasteiger partial charge < -0.3 is 5.32 Å². The third-order valence-electron chi connectivity index (χ3n) is 2.94. The van der Waals surface area contributed by atoms with Gasteiger partial charge in [0.25, 0.3) is 5.91 Å². The predicted octanol–water partition coefficient (Wildman–Crippen LogP) is 3.91. The topological polar surface area (TPSA) is 46.9 Å². The number of benzene rings is 1. The molecule has 0 spiro atoms. The third-order valence-corrected chi connectivity index (χ3v) is 4.27. The Morgan fingerprint density at radius 2 is 2.10 bits per heavy atom. The number of amides is 1. The highest BCUT2D eigenvalue weighted by Crippen LogP contribution is 2.22. The van der Waals surface area contributed by atoms with Crippen LogP contribution in [-0.2, 0) is 0 Å². The summed E-state index contributed by atoms with van der Waals surface area (Å²) in [5.74, 6) is -0.162. The molecule has 4 nitrogen and oxygen atoms in total. The second kappa shape index (κ2) is 6.15. The largest absolute Gasteiger partial charge is 0.320 e. The highest BCUT2D eigenvalue weighted by Gasteiger charge is 2.17. The first-order valence-corrected chi connectivity index (χ1v) is 8.47. The smallest absolute Gasteiger partial charge is 0.274 e. The summed E-state index contributed by atoms with van der Waals surface area (Å²) in [5, 5.41) is 7.50. The van der Waals surface area contributed by atoms with Crippen molar-refractivity contribution in [2.24, 2.45) is 0 Å². The molecule has 3 rings (SSSR count). The molecule has 0 radical (unpaired) electrons. The van der Waals surface area contributed by atoms with E-state index in [2.05, 4.69) is 10.3 Å². The molecule has 0 aliphatic rings. The van der Waals surface area contributed by atoms with E-state index < -0.39 is 0 Å². The van der Waals surface area contributed by atoms with Crippen LogP contribution in [0.25, 0.3) is 5.69 Å². The number of thiophene rings is 1. The average Bonchev–Trinajstić information content (AvgIpc) is 3.16. The highest BCUT2D eigenvalue weighted by atomic mass is 32.2. The van der Waals surface area contributed by atoms with Crippen LogP contribution in [0.2, 0.25) is 0 Å². The van der Waals surface area contributed by atoms with Crippen molar-refractivity contribution in [1.82, 2.24) is 9.55 Å². The number of nitrogens with one attached hydrogen (secondary N) is 1. The molecule has 1 N–H and O–H groups in total. The molecule has 3 aromatic rings. The molecule has 0 unspecified atom stereocenters. The van der Waals surface area contributed by atoms with Crippen LogP contribution in [0.1, 0.15) is 10.5 Å². The normalized spacial score (nSPS) is 10.5. The average molecular weight is 315 g/mol. The van der Waals surface area contributed by atoms with E-state index in [-0.39, 0.29) is 5.91 Å². The van der Waals surface area contributed by atoms with Gasteiger partial charge in [-0.25, -0.2) is 4.98 Å². The van der Waals surface area contributed by atoms with Crippen molar-refractivity contribution in [1.29, 1.82) is 0 Å². The highest BCUT2D eigenvalue weighted by molar-refractivity contribution is 7.98. The van der Waals surface area contributed by atoms with Gasteiger partial charge >= 0.3 is 0 Å². The number of anilines is 1. The molecule has 0 atom stereocenters. The summed E-state index contributed by atoms with van der Waals surface area (Å²) in [6, 6.07) is 11.6. The molecule has 2 heterocycles. The molecular weight excluding hydrogens is 302 g/mol. The minimum Gasteiger partial charge on any atom is -0.320 e. The van der Waals surface area contributed by atoms with E-state index in [9.17, 15) is 4.79 Å². The zero-order valence-corrected chi connectivity index (χ0v) is 12.9. The van der Waals surface area contributed by atoms with Crippen molar-refractivity contribution in [3.8, 4) is 5.69 Å². The van der Waals surface area contributed by atoms with Crippen molar-refractivity contribution < 1.29 is 4.79 Å². The van der Waals surface area contributed by atoms with E-state index in [1.54, 1.807) is 17.5 Å². The van der Waals surface area contributed by atoms with Crippen LogP contribution in [0.4, 0.5) is 5.69 Å². The molecule has 0 saturated heterocycles. The standard InChI is InChI=1S/C15H13N3OS2/c1-20-15-16-9-13(14(19)17-11-7-8-21-10-11)18(15)12-5-3-2-4-6-12/h2-10H,1H3,(H,17,19). The number of aromatic nitrogens is 2. The fraction of sp³-hybridized carbons (Fsp3) is 0.0667. The van der Waals surface area contributed by atoms with Crippen LogP contribution < -0.4 is 5.32 Å². The predicted molar refractivity (Wildman–Crippen MR) is 87.6 cm³/mol. The first kappa shape index (κ1) is 13.9. The first-order valence-electron chi connectivity index (χ1n) is 6.30. The summed E-state index contributed by atoms with van der Waals surface area (Å²) in [7, 11) is 0. The summed E-state index contributed by atoms with van der Waals surface area (Å²) in [5.41, 5.74) is 2.25. The number of imidazole rings is 1. The molecular formula is C15H13N3OS2. The molecule has 6 heteroatoms. The van der Waals surface area contributed by atoms with Gasteiger partial charge in [-0.1, -0.05) is 30.0 Å². The maximum Gasteiger partial charge on any atom is 0.274 e. The third kappa shape index (κ3) is 2.86. The molecule has 0 aliphatic carbocycles. The fourth-order valence-electron chi connectivity index (χ4n) is 2.00. The van der Waals surface area contributed by atoms with Gasteiger partial charge in [0, 0.05) is 11.1 Å². The van der Waals surface area contributed by atoms with Gasteiger partial charge in [0.1, 0.15) is 5.69 Å². The van der Waals surface area contributed by atoms with E-state index in [1.165, 1.54) is 11.8 Å². The van der Waals surface area contributed by atoms with E-state index in [0.29, 0.717) is 5.69 Å². The lowest BCUT2D eigenvalue weighted by Crippen LogP contribution is -2.16. The summed E-state index contributed by atoms with van der Waals surface area (Å²) in [4.78, 5) is 16.8. The number of nitrogens with zero attached hydrogens (tertiary/aromatic N) is 2. The summed E-state index contributed by atoms with van der Waals surface area (Å²) >= 11 is 3.06. The van der Waals surface area contributed by atoms with Crippen molar-refractivity contribution >= 4 is 34.7 Å². The number of rotatable bonds is 4. The number of hydrogen-bond donors (Lipinski definition) is 1. The Morgan fingerprint density at radius 3 is 2.76 bits per heavy atom. The SMILES string of the molecule is CSc1ncc(C(=O)Nc2ccsc2)n1-c1ccccc1. The number of hydrogen-bond acceptors (Lipinski definition) is 4. The van der Waals surface area contributed by atoms with Crippen LogP contribution in [0, 0.1) is 0 Å². The van der Waals surface area contributed by atoms with Crippen LogP contribution in [-0.4, -0.2) is 21.7 Å². The Balaban J connectivity index is 1.99. The van der Waals surface area contributed by atoms with E-state index in [1.807, 2.05) is 58.0 Å². The van der Waals surface area contributed by atoms with Gasteiger partial charge in [-0.05, 0) is 29.8 Å². The molecule has 0 fully saturated rings. The first-order chi connectivity index (χ1) is 10.3. The Labute approximate surface area is 130 Å². The molecule has 0 saturated carbocycles. The van der Waals surface area contributed by atoms with Gasteiger partial charge in [-0.2, -0.15) is 11.3 Å². The second-order valence-corrected chi connectivity index (χ2v) is 5.82. The Bertz CT molecular complexity index is 736. The van der Waals surface area contributed by atoms with Gasteiger partial charge in [0.05, 0.1) is 11.9 Å². The van der Waals surface area contributed by atoms with E-state index in [4.69, 9.17) is 0 Å². The lowest BCUT2D eigenvalue weighted by Gasteiger charge is -2.10. The van der Waals surface area contributed by atoms with Crippen LogP contribution in [0.3, 0.4) is 0 Å². The number of thioether (sulfide) groups is 1. The molecule has 21 heavy (non-hydrogen) atoms. The fourth-order valence-corrected chi connectivity index (χ4v) is 3.13. The maximum atomic E-state index is 12.5. The van der Waals surface area contributed by atoms with Gasteiger partial charge in [0.15, 0.2) is 5.16 Å². The van der Waals surface area contributed by atoms with E-state index in [0.717, 1.165) is 16.5 Å². The monoisotopic (exact) mass is 315 g/mol. The Hall–Kier alpha value is -2.05. The zero-order valence-electron chi connectivity index (χ0n) is 11.3. The molecule has 106 valence electrons. The molecule has 2 aromatic heterocycles. The summed E-state index contributed by atoms with van der Waals surface area (Å²) in [6.45, 7) is 0. The van der Waals surface area contributed by atoms with Crippen molar-refractivity contribution in [3.05, 3.63) is 59.0 Å². The van der Waals surface area contributed by atoms with Crippen molar-refractivity contribution in [3.63, 3.8) is 0 Å². The Kier molecular flexibility index (Phi) is 4.08. The number of para-hydroxylation sites is 1. The van der Waals surface area contributed by atoms with Crippen LogP contribution >= 0.6 is 23.1 Å². The second-order valence-electron chi connectivity index (χ2n) is 4.27.